The number of hydrogen-bond acceptors (Lipinski definition) is 3. The molecule has 1 amide bonds. The number of rotatable bonds is 2. The van der Waals surface area contributed by atoms with Crippen LogP contribution < -0.4 is 0 Å². The molecule has 2 aromatic rings. The molecule has 3 heterocycles. The summed E-state index contributed by atoms with van der Waals surface area (Å²) in [4.78, 5) is 16.6. The van der Waals surface area contributed by atoms with Crippen molar-refractivity contribution >= 4 is 28.6 Å². The van der Waals surface area contributed by atoms with Crippen LogP contribution in [0.1, 0.15) is 21.4 Å². The topological polar surface area (TPSA) is 20.3 Å². The van der Waals surface area contributed by atoms with E-state index in [1.807, 2.05) is 11.0 Å². The van der Waals surface area contributed by atoms with Crippen molar-refractivity contribution in [3.05, 3.63) is 56.9 Å². The zero-order valence-corrected chi connectivity index (χ0v) is 11.5. The van der Waals surface area contributed by atoms with Gasteiger partial charge in [-0.15, -0.1) is 22.7 Å². The first kappa shape index (κ1) is 11.7. The number of nitrogens with zero attached hydrogens (tertiary/aromatic N) is 1. The Balaban J connectivity index is 2.08. The summed E-state index contributed by atoms with van der Waals surface area (Å²) in [6.45, 7) is 4.39. The van der Waals surface area contributed by atoms with Crippen molar-refractivity contribution < 1.29 is 4.79 Å². The maximum atomic E-state index is 12.0. The second-order valence-electron chi connectivity index (χ2n) is 4.20. The molecule has 3 rings (SSSR count). The first-order valence-electron chi connectivity index (χ1n) is 5.84. The second kappa shape index (κ2) is 4.71. The van der Waals surface area contributed by atoms with E-state index in [0.717, 1.165) is 13.0 Å². The molecule has 1 unspecified atom stereocenters. The fourth-order valence-electron chi connectivity index (χ4n) is 2.42. The minimum absolute atomic E-state index is 0.0188. The first-order valence-corrected chi connectivity index (χ1v) is 7.60. The Kier molecular flexibility index (Phi) is 3.06. The molecule has 0 radical (unpaired) electrons. The largest absolute Gasteiger partial charge is 0.327 e. The molecule has 0 saturated carbocycles. The molecule has 0 spiro atoms. The average Bonchev–Trinajstić information content (AvgIpc) is 3.07. The highest BCUT2D eigenvalue weighted by atomic mass is 32.1. The van der Waals surface area contributed by atoms with Gasteiger partial charge in [-0.25, -0.2) is 0 Å². The molecular formula is C14H13NOS2. The molecule has 18 heavy (non-hydrogen) atoms. The normalized spacial score (nSPS) is 18.4. The van der Waals surface area contributed by atoms with Gasteiger partial charge in [-0.2, -0.15) is 0 Å². The third-order valence-corrected chi connectivity index (χ3v) is 5.16. The zero-order valence-electron chi connectivity index (χ0n) is 9.83. The van der Waals surface area contributed by atoms with Gasteiger partial charge in [0.2, 0.25) is 5.91 Å². The van der Waals surface area contributed by atoms with Crippen molar-refractivity contribution in [1.29, 1.82) is 0 Å². The lowest BCUT2D eigenvalue weighted by Gasteiger charge is -2.34. The molecule has 1 atom stereocenters. The van der Waals surface area contributed by atoms with Crippen LogP contribution in [0.4, 0.5) is 0 Å². The minimum Gasteiger partial charge on any atom is -0.327 e. The number of carbonyl (C=O) groups is 1. The highest BCUT2D eigenvalue weighted by Crippen LogP contribution is 2.39. The fraction of sp³-hybridized carbons (Fsp3) is 0.214. The van der Waals surface area contributed by atoms with Gasteiger partial charge in [0.05, 0.1) is 6.04 Å². The van der Waals surface area contributed by atoms with E-state index in [4.69, 9.17) is 0 Å². The van der Waals surface area contributed by atoms with E-state index in [2.05, 4.69) is 29.5 Å². The molecule has 2 nitrogen and oxygen atoms in total. The lowest BCUT2D eigenvalue weighted by atomic mass is 9.98. The van der Waals surface area contributed by atoms with Gasteiger partial charge in [0.15, 0.2) is 0 Å². The minimum atomic E-state index is 0.0188. The summed E-state index contributed by atoms with van der Waals surface area (Å²) in [5, 5.41) is 4.18. The molecule has 0 saturated heterocycles. The van der Waals surface area contributed by atoms with E-state index >= 15 is 0 Å². The Morgan fingerprint density at radius 2 is 2.28 bits per heavy atom. The molecular weight excluding hydrogens is 262 g/mol. The van der Waals surface area contributed by atoms with Crippen LogP contribution in [0.15, 0.2) is 41.6 Å². The molecule has 1 aliphatic heterocycles. The molecule has 2 aromatic heterocycles. The number of hydrogen-bond donors (Lipinski definition) is 0. The summed E-state index contributed by atoms with van der Waals surface area (Å²) in [6.07, 6.45) is 2.37. The highest BCUT2D eigenvalue weighted by Gasteiger charge is 2.32. The molecule has 0 bridgehead atoms. The summed E-state index contributed by atoms with van der Waals surface area (Å²) in [7, 11) is 0. The summed E-state index contributed by atoms with van der Waals surface area (Å²) in [6, 6.07) is 6.36. The number of carbonyl (C=O) groups excluding carboxylic acids is 1. The average molecular weight is 275 g/mol. The molecule has 0 N–H and O–H groups in total. The summed E-state index contributed by atoms with van der Waals surface area (Å²) >= 11 is 3.49. The molecule has 92 valence electrons. The van der Waals surface area contributed by atoms with Gasteiger partial charge >= 0.3 is 0 Å². The molecule has 1 aliphatic rings. The van der Waals surface area contributed by atoms with Crippen LogP contribution in [0.25, 0.3) is 0 Å². The number of fused-ring (bicyclic) bond motifs is 1. The summed E-state index contributed by atoms with van der Waals surface area (Å²) < 4.78 is 0. The predicted octanol–water partition coefficient (Wildman–Crippen LogP) is 3.47. The van der Waals surface area contributed by atoms with Crippen LogP contribution in [-0.4, -0.2) is 17.4 Å². The van der Waals surface area contributed by atoms with Gasteiger partial charge < -0.3 is 4.90 Å². The van der Waals surface area contributed by atoms with Crippen LogP contribution in [0.5, 0.6) is 0 Å². The van der Waals surface area contributed by atoms with Gasteiger partial charge in [-0.1, -0.05) is 12.6 Å². The Morgan fingerprint density at radius 3 is 3.00 bits per heavy atom. The van der Waals surface area contributed by atoms with Gasteiger partial charge in [-0.05, 0) is 41.0 Å². The second-order valence-corrected chi connectivity index (χ2v) is 6.18. The first-order chi connectivity index (χ1) is 8.81. The van der Waals surface area contributed by atoms with E-state index in [1.165, 1.54) is 21.4 Å². The van der Waals surface area contributed by atoms with Crippen molar-refractivity contribution in [3.63, 3.8) is 0 Å². The van der Waals surface area contributed by atoms with Crippen molar-refractivity contribution in [2.75, 3.05) is 6.54 Å². The number of thiophene rings is 2. The Hall–Kier alpha value is -1.39. The maximum absolute atomic E-state index is 12.0. The third kappa shape index (κ3) is 1.82. The van der Waals surface area contributed by atoms with E-state index in [-0.39, 0.29) is 11.9 Å². The third-order valence-electron chi connectivity index (χ3n) is 3.24. The monoisotopic (exact) mass is 275 g/mol. The molecule has 0 fully saturated rings. The van der Waals surface area contributed by atoms with E-state index in [9.17, 15) is 4.79 Å². The molecule has 4 heteroatoms. The zero-order chi connectivity index (χ0) is 12.5. The summed E-state index contributed by atoms with van der Waals surface area (Å²) in [5.41, 5.74) is 1.28. The Morgan fingerprint density at radius 1 is 1.39 bits per heavy atom. The van der Waals surface area contributed by atoms with Gasteiger partial charge in [0.25, 0.3) is 0 Å². The quantitative estimate of drug-likeness (QED) is 0.769. The van der Waals surface area contributed by atoms with Crippen molar-refractivity contribution in [3.8, 4) is 0 Å². The Bertz CT molecular complexity index is 570. The van der Waals surface area contributed by atoms with Crippen LogP contribution in [0.3, 0.4) is 0 Å². The lowest BCUT2D eigenvalue weighted by Crippen LogP contribution is -2.38. The lowest BCUT2D eigenvalue weighted by molar-refractivity contribution is -0.127. The van der Waals surface area contributed by atoms with Crippen LogP contribution in [0.2, 0.25) is 0 Å². The van der Waals surface area contributed by atoms with Crippen LogP contribution in [0, 0.1) is 0 Å². The van der Waals surface area contributed by atoms with Crippen LogP contribution in [-0.2, 0) is 11.2 Å². The van der Waals surface area contributed by atoms with Crippen molar-refractivity contribution in [1.82, 2.24) is 4.90 Å². The van der Waals surface area contributed by atoms with Gasteiger partial charge in [-0.3, -0.25) is 4.79 Å². The van der Waals surface area contributed by atoms with E-state index in [0.29, 0.717) is 0 Å². The smallest absolute Gasteiger partial charge is 0.246 e. The van der Waals surface area contributed by atoms with Gasteiger partial charge in [0.1, 0.15) is 0 Å². The van der Waals surface area contributed by atoms with E-state index in [1.54, 1.807) is 22.7 Å². The standard InChI is InChI=1S/C14H13NOS2/c1-2-13(16)15-7-5-11-10(6-9-18-11)14(15)12-4-3-8-17-12/h2-4,6,8-9,14H,1,5,7H2. The van der Waals surface area contributed by atoms with Gasteiger partial charge in [0, 0.05) is 16.3 Å². The fourth-order valence-corrected chi connectivity index (χ4v) is 4.18. The molecule has 0 aromatic carbocycles. The Labute approximate surface area is 114 Å². The van der Waals surface area contributed by atoms with Crippen molar-refractivity contribution in [2.24, 2.45) is 0 Å². The van der Waals surface area contributed by atoms with E-state index < -0.39 is 0 Å². The maximum Gasteiger partial charge on any atom is 0.246 e. The highest BCUT2D eigenvalue weighted by molar-refractivity contribution is 7.10. The number of amides is 1. The van der Waals surface area contributed by atoms with Crippen molar-refractivity contribution in [2.45, 2.75) is 12.5 Å². The summed E-state index contributed by atoms with van der Waals surface area (Å²) in [5.74, 6) is 0.0188. The predicted molar refractivity (Wildman–Crippen MR) is 76.1 cm³/mol. The SMILES string of the molecule is C=CC(=O)N1CCc2sccc2C1c1cccs1. The molecule has 0 aliphatic carbocycles. The van der Waals surface area contributed by atoms with Crippen LogP contribution >= 0.6 is 22.7 Å².